The summed E-state index contributed by atoms with van der Waals surface area (Å²) in [5.74, 6) is 1.77. The average molecular weight is 513 g/mol. The Bertz CT molecular complexity index is 1330. The Hall–Kier alpha value is -3.00. The molecule has 0 unspecified atom stereocenters. The lowest BCUT2D eigenvalue weighted by Gasteiger charge is -2.14. The summed E-state index contributed by atoms with van der Waals surface area (Å²) in [7, 11) is 1.65. The van der Waals surface area contributed by atoms with E-state index in [1.807, 2.05) is 54.0 Å². The van der Waals surface area contributed by atoms with Crippen LogP contribution in [0.5, 0.6) is 5.75 Å². The van der Waals surface area contributed by atoms with E-state index in [-0.39, 0.29) is 12.5 Å². The summed E-state index contributed by atoms with van der Waals surface area (Å²) in [5.41, 5.74) is 3.36. The summed E-state index contributed by atoms with van der Waals surface area (Å²) < 4.78 is 7.25. The summed E-state index contributed by atoms with van der Waals surface area (Å²) in [5, 5.41) is 13.4. The maximum absolute atomic E-state index is 12.7. The van der Waals surface area contributed by atoms with Gasteiger partial charge in [0.05, 0.1) is 29.9 Å². The van der Waals surface area contributed by atoms with E-state index in [9.17, 15) is 4.79 Å². The van der Waals surface area contributed by atoms with Gasteiger partial charge in [0, 0.05) is 10.8 Å². The minimum Gasteiger partial charge on any atom is -0.497 e. The maximum Gasteiger partial charge on any atom is 0.253 e. The topological polar surface area (TPSA) is 69.0 Å². The smallest absolute Gasteiger partial charge is 0.253 e. The van der Waals surface area contributed by atoms with Crippen LogP contribution in [0.1, 0.15) is 27.3 Å². The minimum absolute atomic E-state index is 0.169. The first-order chi connectivity index (χ1) is 16.5. The molecule has 0 saturated heterocycles. The molecule has 9 heteroatoms. The number of halogens is 2. The van der Waals surface area contributed by atoms with Crippen LogP contribution in [0.25, 0.3) is 5.69 Å². The fraction of sp³-hybridized carbons (Fsp3) is 0.160. The highest BCUT2D eigenvalue weighted by Crippen LogP contribution is 2.29. The molecule has 0 aliphatic carbocycles. The first-order valence-corrected chi connectivity index (χ1v) is 12.2. The Kier molecular flexibility index (Phi) is 7.77. The van der Waals surface area contributed by atoms with Gasteiger partial charge in [0.2, 0.25) is 0 Å². The van der Waals surface area contributed by atoms with Gasteiger partial charge in [0.25, 0.3) is 5.91 Å². The molecule has 1 heterocycles. The molecule has 0 aliphatic rings. The van der Waals surface area contributed by atoms with E-state index < -0.39 is 0 Å². The Balaban J connectivity index is 1.62. The second-order valence-electron chi connectivity index (χ2n) is 7.47. The average Bonchev–Trinajstić information content (AvgIpc) is 3.25. The van der Waals surface area contributed by atoms with Crippen LogP contribution in [0.4, 0.5) is 0 Å². The van der Waals surface area contributed by atoms with Gasteiger partial charge in [0.15, 0.2) is 11.0 Å². The molecule has 1 amide bonds. The lowest BCUT2D eigenvalue weighted by atomic mass is 10.2. The summed E-state index contributed by atoms with van der Waals surface area (Å²) >= 11 is 14.0. The lowest BCUT2D eigenvalue weighted by Crippen LogP contribution is -2.25. The van der Waals surface area contributed by atoms with E-state index in [1.54, 1.807) is 31.4 Å². The van der Waals surface area contributed by atoms with E-state index >= 15 is 0 Å². The molecule has 0 spiro atoms. The molecule has 0 atom stereocenters. The van der Waals surface area contributed by atoms with E-state index in [2.05, 4.69) is 15.5 Å². The zero-order chi connectivity index (χ0) is 24.1. The van der Waals surface area contributed by atoms with Gasteiger partial charge < -0.3 is 10.1 Å². The van der Waals surface area contributed by atoms with Crippen molar-refractivity contribution in [3.63, 3.8) is 0 Å². The van der Waals surface area contributed by atoms with Crippen LogP contribution in [-0.2, 0) is 12.3 Å². The van der Waals surface area contributed by atoms with E-state index in [0.717, 1.165) is 22.6 Å². The van der Waals surface area contributed by atoms with Gasteiger partial charge in [0.1, 0.15) is 5.75 Å². The monoisotopic (exact) mass is 512 g/mol. The number of aryl methyl sites for hydroxylation is 1. The zero-order valence-electron chi connectivity index (χ0n) is 18.6. The number of carbonyl (C=O) groups excluding carboxylic acids is 1. The quantitative estimate of drug-likeness (QED) is 0.288. The number of thioether (sulfide) groups is 1. The molecule has 6 nitrogen and oxygen atoms in total. The van der Waals surface area contributed by atoms with Crippen LogP contribution in [-0.4, -0.2) is 27.8 Å². The first kappa shape index (κ1) is 24.1. The van der Waals surface area contributed by atoms with Crippen LogP contribution in [0.3, 0.4) is 0 Å². The van der Waals surface area contributed by atoms with Gasteiger partial charge in [-0.15, -0.1) is 10.2 Å². The highest BCUT2D eigenvalue weighted by Gasteiger charge is 2.18. The Morgan fingerprint density at radius 1 is 1.06 bits per heavy atom. The zero-order valence-corrected chi connectivity index (χ0v) is 20.9. The number of amides is 1. The van der Waals surface area contributed by atoms with E-state index in [4.69, 9.17) is 27.9 Å². The van der Waals surface area contributed by atoms with Gasteiger partial charge in [-0.25, -0.2) is 0 Å². The van der Waals surface area contributed by atoms with Gasteiger partial charge in [-0.05, 0) is 54.4 Å². The Morgan fingerprint density at radius 2 is 1.88 bits per heavy atom. The number of nitrogens with zero attached hydrogens (tertiary/aromatic N) is 3. The van der Waals surface area contributed by atoms with Crippen molar-refractivity contribution in [3.05, 3.63) is 99.3 Å². The molecule has 0 aliphatic heterocycles. The summed E-state index contributed by atoms with van der Waals surface area (Å²) in [6.07, 6.45) is 0. The molecule has 34 heavy (non-hydrogen) atoms. The summed E-state index contributed by atoms with van der Waals surface area (Å²) in [6.45, 7) is 2.16. The second kappa shape index (κ2) is 11.0. The number of benzene rings is 3. The number of hydrogen-bond acceptors (Lipinski definition) is 5. The highest BCUT2D eigenvalue weighted by atomic mass is 35.5. The number of rotatable bonds is 8. The molecule has 0 radical (unpaired) electrons. The fourth-order valence-electron chi connectivity index (χ4n) is 3.38. The molecular formula is C25H22Cl2N4O2S. The van der Waals surface area contributed by atoms with Gasteiger partial charge in [-0.3, -0.25) is 9.36 Å². The number of methoxy groups -OCH3 is 1. The normalized spacial score (nSPS) is 10.8. The predicted molar refractivity (Wildman–Crippen MR) is 136 cm³/mol. The first-order valence-electron chi connectivity index (χ1n) is 10.5. The van der Waals surface area contributed by atoms with Crippen LogP contribution in [0.2, 0.25) is 10.0 Å². The molecule has 1 aromatic heterocycles. The minimum atomic E-state index is -0.284. The Labute approximate surface area is 212 Å². The second-order valence-corrected chi connectivity index (χ2v) is 9.25. The maximum atomic E-state index is 12.7. The summed E-state index contributed by atoms with van der Waals surface area (Å²) in [4.78, 5) is 12.7. The number of ether oxygens (including phenoxy) is 1. The van der Waals surface area contributed by atoms with Crippen molar-refractivity contribution >= 4 is 40.9 Å². The van der Waals surface area contributed by atoms with E-state index in [0.29, 0.717) is 32.3 Å². The molecule has 4 rings (SSSR count). The number of aromatic nitrogens is 3. The van der Waals surface area contributed by atoms with Crippen molar-refractivity contribution in [2.24, 2.45) is 0 Å². The molecule has 3 aromatic carbocycles. The van der Waals surface area contributed by atoms with Crippen molar-refractivity contribution in [1.29, 1.82) is 0 Å². The van der Waals surface area contributed by atoms with Crippen LogP contribution >= 0.6 is 35.0 Å². The van der Waals surface area contributed by atoms with Crippen molar-refractivity contribution in [2.45, 2.75) is 24.4 Å². The molecule has 0 bridgehead atoms. The molecule has 4 aromatic rings. The van der Waals surface area contributed by atoms with Crippen LogP contribution in [0, 0.1) is 6.92 Å². The van der Waals surface area contributed by atoms with Gasteiger partial charge in [-0.1, -0.05) is 65.3 Å². The number of carbonyl (C=O) groups is 1. The van der Waals surface area contributed by atoms with Crippen molar-refractivity contribution in [3.8, 4) is 11.4 Å². The van der Waals surface area contributed by atoms with Crippen molar-refractivity contribution in [2.75, 3.05) is 7.11 Å². The highest BCUT2D eigenvalue weighted by molar-refractivity contribution is 7.98. The van der Waals surface area contributed by atoms with Gasteiger partial charge in [-0.2, -0.15) is 0 Å². The van der Waals surface area contributed by atoms with Crippen molar-refractivity contribution < 1.29 is 9.53 Å². The van der Waals surface area contributed by atoms with Crippen LogP contribution < -0.4 is 10.1 Å². The predicted octanol–water partition coefficient (Wildman–Crippen LogP) is 6.11. The third-order valence-electron chi connectivity index (χ3n) is 5.14. The molecule has 0 fully saturated rings. The standard InChI is InChI=1S/C25H22Cl2N4O2S/c1-16-10-11-18(26)13-22(16)31-23(14-28-24(32)20-8-3-4-9-21(20)27)29-30-25(31)34-15-17-6-5-7-19(12-17)33-2/h3-13H,14-15H2,1-2H3,(H,28,32). The molecular weight excluding hydrogens is 491 g/mol. The fourth-order valence-corrected chi connectivity index (χ4v) is 4.68. The largest absolute Gasteiger partial charge is 0.497 e. The van der Waals surface area contributed by atoms with Gasteiger partial charge >= 0.3 is 0 Å². The molecule has 0 saturated carbocycles. The molecule has 1 N–H and O–H groups in total. The third kappa shape index (κ3) is 5.55. The van der Waals surface area contributed by atoms with Crippen molar-refractivity contribution in [1.82, 2.24) is 20.1 Å². The number of nitrogens with one attached hydrogen (secondary N) is 1. The molecule has 174 valence electrons. The summed E-state index contributed by atoms with van der Waals surface area (Å²) in [6, 6.07) is 20.5. The number of hydrogen-bond donors (Lipinski definition) is 1. The van der Waals surface area contributed by atoms with E-state index in [1.165, 1.54) is 11.8 Å². The third-order valence-corrected chi connectivity index (χ3v) is 6.70. The SMILES string of the molecule is COc1cccc(CSc2nnc(CNC(=O)c3ccccc3Cl)n2-c2cc(Cl)ccc2C)c1. The lowest BCUT2D eigenvalue weighted by molar-refractivity contribution is 0.0950. The Morgan fingerprint density at radius 3 is 2.68 bits per heavy atom. The van der Waals surface area contributed by atoms with Crippen LogP contribution in [0.15, 0.2) is 71.9 Å².